The molecule has 2 N–H and O–H groups in total. The van der Waals surface area contributed by atoms with Crippen molar-refractivity contribution in [3.05, 3.63) is 24.3 Å². The van der Waals surface area contributed by atoms with Crippen molar-refractivity contribution in [2.45, 2.75) is 52.4 Å². The summed E-state index contributed by atoms with van der Waals surface area (Å²) in [4.78, 5) is 31.0. The first-order valence-electron chi connectivity index (χ1n) is 11.9. The van der Waals surface area contributed by atoms with Crippen LogP contribution in [0.3, 0.4) is 0 Å². The predicted molar refractivity (Wildman–Crippen MR) is 130 cm³/mol. The first kappa shape index (κ1) is 25.1. The van der Waals surface area contributed by atoms with Crippen LogP contribution in [0.1, 0.15) is 34.6 Å². The number of hydrogen-bond donors (Lipinski definition) is 2. The Morgan fingerprint density at radius 3 is 2.33 bits per heavy atom. The number of hydrogen-bond acceptors (Lipinski definition) is 6. The number of carbonyl (C=O) groups is 2. The molecule has 2 aliphatic rings. The maximum absolute atomic E-state index is 12.5. The van der Waals surface area contributed by atoms with E-state index in [4.69, 9.17) is 9.47 Å². The van der Waals surface area contributed by atoms with Crippen LogP contribution in [-0.4, -0.2) is 92.1 Å². The highest BCUT2D eigenvalue weighted by Crippen LogP contribution is 2.28. The molecule has 2 fully saturated rings. The standard InChI is InChI=1S/C24H39N5O4/c1-18-16-29(17-19(2)32-18)21-9-7-6-8-20(21)26-22(30)25-10-11-27-12-14-28(15-13-27)23(31)33-24(3,4)5/h6-9,18-19H,10-17H2,1-5H3,(H2,25,26,30). The van der Waals surface area contributed by atoms with Crippen LogP contribution >= 0.6 is 0 Å². The lowest BCUT2D eigenvalue weighted by Gasteiger charge is -2.37. The zero-order valence-electron chi connectivity index (χ0n) is 20.6. The number of anilines is 2. The van der Waals surface area contributed by atoms with E-state index in [2.05, 4.69) is 34.3 Å². The topological polar surface area (TPSA) is 86.4 Å². The molecule has 2 heterocycles. The molecule has 0 saturated carbocycles. The summed E-state index contributed by atoms with van der Waals surface area (Å²) in [5.74, 6) is 0. The zero-order valence-corrected chi connectivity index (χ0v) is 20.6. The molecule has 9 heteroatoms. The molecule has 3 amide bonds. The normalized spacial score (nSPS) is 22.1. The van der Waals surface area contributed by atoms with Crippen LogP contribution in [0.25, 0.3) is 0 Å². The fourth-order valence-electron chi connectivity index (χ4n) is 4.20. The zero-order chi connectivity index (χ0) is 24.0. The van der Waals surface area contributed by atoms with Gasteiger partial charge in [0.25, 0.3) is 0 Å². The van der Waals surface area contributed by atoms with Gasteiger partial charge in [-0.05, 0) is 46.8 Å². The third-order valence-corrected chi connectivity index (χ3v) is 5.65. The van der Waals surface area contributed by atoms with Gasteiger partial charge in [-0.2, -0.15) is 0 Å². The molecule has 2 unspecified atom stereocenters. The molecule has 1 aromatic rings. The minimum atomic E-state index is -0.484. The Morgan fingerprint density at radius 1 is 1.06 bits per heavy atom. The van der Waals surface area contributed by atoms with Gasteiger partial charge in [0.1, 0.15) is 5.60 Å². The Hall–Kier alpha value is -2.52. The molecule has 0 aliphatic carbocycles. The van der Waals surface area contributed by atoms with Crippen molar-refractivity contribution in [3.8, 4) is 0 Å². The van der Waals surface area contributed by atoms with Crippen molar-refractivity contribution in [3.63, 3.8) is 0 Å². The molecule has 3 rings (SSSR count). The third-order valence-electron chi connectivity index (χ3n) is 5.65. The van der Waals surface area contributed by atoms with Gasteiger partial charge in [-0.1, -0.05) is 12.1 Å². The Bertz CT molecular complexity index is 794. The highest BCUT2D eigenvalue weighted by Gasteiger charge is 2.26. The summed E-state index contributed by atoms with van der Waals surface area (Å²) < 4.78 is 11.3. The first-order chi connectivity index (χ1) is 15.6. The number of urea groups is 1. The Labute approximate surface area is 197 Å². The lowest BCUT2D eigenvalue weighted by atomic mass is 10.1. The van der Waals surface area contributed by atoms with Gasteiger partial charge in [-0.15, -0.1) is 0 Å². The first-order valence-corrected chi connectivity index (χ1v) is 11.9. The summed E-state index contributed by atoms with van der Waals surface area (Å²) in [6, 6.07) is 7.65. The van der Waals surface area contributed by atoms with Gasteiger partial charge in [0.15, 0.2) is 0 Å². The summed E-state index contributed by atoms with van der Waals surface area (Å²) in [6.45, 7) is 15.4. The van der Waals surface area contributed by atoms with E-state index in [9.17, 15) is 9.59 Å². The lowest BCUT2D eigenvalue weighted by Crippen LogP contribution is -2.51. The van der Waals surface area contributed by atoms with Crippen molar-refractivity contribution in [2.75, 3.05) is 62.6 Å². The number of nitrogens with zero attached hydrogens (tertiary/aromatic N) is 3. The van der Waals surface area contributed by atoms with Crippen molar-refractivity contribution >= 4 is 23.5 Å². The van der Waals surface area contributed by atoms with E-state index in [-0.39, 0.29) is 24.3 Å². The number of ether oxygens (including phenoxy) is 2. The summed E-state index contributed by atoms with van der Waals surface area (Å²) >= 11 is 0. The van der Waals surface area contributed by atoms with Crippen LogP contribution in [0.5, 0.6) is 0 Å². The molecule has 33 heavy (non-hydrogen) atoms. The lowest BCUT2D eigenvalue weighted by molar-refractivity contribution is -0.00518. The molecule has 1 aromatic carbocycles. The maximum Gasteiger partial charge on any atom is 0.410 e. The van der Waals surface area contributed by atoms with E-state index in [1.807, 2.05) is 45.0 Å². The highest BCUT2D eigenvalue weighted by atomic mass is 16.6. The van der Waals surface area contributed by atoms with Crippen LogP contribution in [0.4, 0.5) is 21.0 Å². The number of rotatable bonds is 5. The summed E-state index contributed by atoms with van der Waals surface area (Å²) in [6.07, 6.45) is 0.0280. The molecular weight excluding hydrogens is 422 g/mol. The van der Waals surface area contributed by atoms with Crippen LogP contribution in [0.15, 0.2) is 24.3 Å². The number of carbonyl (C=O) groups excluding carboxylic acids is 2. The van der Waals surface area contributed by atoms with E-state index in [1.54, 1.807) is 4.90 Å². The molecule has 0 radical (unpaired) electrons. The average molecular weight is 462 g/mol. The van der Waals surface area contributed by atoms with Crippen LogP contribution in [0, 0.1) is 0 Å². The molecule has 0 aromatic heterocycles. The Balaban J connectivity index is 1.42. The third kappa shape index (κ3) is 7.78. The van der Waals surface area contributed by atoms with E-state index in [0.717, 1.165) is 44.1 Å². The summed E-state index contributed by atoms with van der Waals surface area (Å²) in [5.41, 5.74) is 1.32. The number of para-hydroxylation sites is 2. The second-order valence-electron chi connectivity index (χ2n) is 9.87. The summed E-state index contributed by atoms with van der Waals surface area (Å²) in [5, 5.41) is 5.95. The van der Waals surface area contributed by atoms with Crippen molar-refractivity contribution < 1.29 is 19.1 Å². The van der Waals surface area contributed by atoms with Gasteiger partial charge in [0, 0.05) is 52.4 Å². The smallest absolute Gasteiger partial charge is 0.410 e. The van der Waals surface area contributed by atoms with E-state index in [1.165, 1.54) is 0 Å². The van der Waals surface area contributed by atoms with Gasteiger partial charge in [0.05, 0.1) is 23.6 Å². The fourth-order valence-corrected chi connectivity index (χ4v) is 4.20. The minimum Gasteiger partial charge on any atom is -0.444 e. The maximum atomic E-state index is 12.5. The van der Waals surface area contributed by atoms with Gasteiger partial charge in [0.2, 0.25) is 0 Å². The highest BCUT2D eigenvalue weighted by molar-refractivity contribution is 5.93. The number of nitrogens with one attached hydrogen (secondary N) is 2. The SMILES string of the molecule is CC1CN(c2ccccc2NC(=O)NCCN2CCN(C(=O)OC(C)(C)C)CC2)CC(C)O1. The molecule has 2 saturated heterocycles. The number of benzene rings is 1. The molecule has 2 aliphatic heterocycles. The molecule has 0 spiro atoms. The van der Waals surface area contributed by atoms with E-state index in [0.29, 0.717) is 19.6 Å². The average Bonchev–Trinajstić information content (AvgIpc) is 2.72. The van der Waals surface area contributed by atoms with Gasteiger partial charge < -0.3 is 29.9 Å². The molecule has 184 valence electrons. The van der Waals surface area contributed by atoms with E-state index >= 15 is 0 Å². The van der Waals surface area contributed by atoms with Gasteiger partial charge >= 0.3 is 12.1 Å². The Kier molecular flexibility index (Phi) is 8.42. The van der Waals surface area contributed by atoms with Crippen molar-refractivity contribution in [1.29, 1.82) is 0 Å². The quantitative estimate of drug-likeness (QED) is 0.701. The molecule has 2 atom stereocenters. The molecule has 0 bridgehead atoms. The fraction of sp³-hybridized carbons (Fsp3) is 0.667. The van der Waals surface area contributed by atoms with Crippen molar-refractivity contribution in [2.24, 2.45) is 0 Å². The predicted octanol–water partition coefficient (Wildman–Crippen LogP) is 2.97. The Morgan fingerprint density at radius 2 is 1.70 bits per heavy atom. The van der Waals surface area contributed by atoms with Crippen LogP contribution in [0.2, 0.25) is 0 Å². The van der Waals surface area contributed by atoms with Crippen molar-refractivity contribution in [1.82, 2.24) is 15.1 Å². The van der Waals surface area contributed by atoms with Gasteiger partial charge in [-0.25, -0.2) is 9.59 Å². The minimum absolute atomic E-state index is 0.145. The van der Waals surface area contributed by atoms with Gasteiger partial charge in [-0.3, -0.25) is 4.90 Å². The molecule has 9 nitrogen and oxygen atoms in total. The number of amides is 3. The second kappa shape index (κ2) is 11.1. The second-order valence-corrected chi connectivity index (χ2v) is 9.87. The largest absolute Gasteiger partial charge is 0.444 e. The van der Waals surface area contributed by atoms with Crippen LogP contribution < -0.4 is 15.5 Å². The monoisotopic (exact) mass is 461 g/mol. The summed E-state index contributed by atoms with van der Waals surface area (Å²) in [7, 11) is 0. The number of morpholine rings is 1. The number of piperazine rings is 1. The van der Waals surface area contributed by atoms with Crippen LogP contribution in [-0.2, 0) is 9.47 Å². The molecular formula is C24H39N5O4. The van der Waals surface area contributed by atoms with E-state index < -0.39 is 5.60 Å².